The molecule has 0 unspecified atom stereocenters. The first-order chi connectivity index (χ1) is 21.8. The van der Waals surface area contributed by atoms with Gasteiger partial charge in [-0.05, 0) is 33.6 Å². The van der Waals surface area contributed by atoms with Crippen molar-refractivity contribution in [2.24, 2.45) is 5.41 Å². The maximum Gasteiger partial charge on any atom is 0.320 e. The molecule has 0 saturated carbocycles. The maximum atomic E-state index is 12.1. The zero-order valence-corrected chi connectivity index (χ0v) is 29.4. The summed E-state index contributed by atoms with van der Waals surface area (Å²) >= 11 is 0. The van der Waals surface area contributed by atoms with Crippen LogP contribution < -0.4 is 5.32 Å². The van der Waals surface area contributed by atoms with Crippen LogP contribution in [0.1, 0.15) is 73.6 Å². The van der Waals surface area contributed by atoms with E-state index in [1.54, 1.807) is 0 Å². The summed E-state index contributed by atoms with van der Waals surface area (Å²) in [4.78, 5) is 35.2. The summed E-state index contributed by atoms with van der Waals surface area (Å²) in [7, 11) is 0. The van der Waals surface area contributed by atoms with E-state index in [2.05, 4.69) is 5.32 Å². The molecule has 0 aliphatic rings. The van der Waals surface area contributed by atoms with Gasteiger partial charge in [-0.2, -0.15) is 0 Å². The number of carbonyl (C=O) groups is 3. The minimum atomic E-state index is -0.939. The number of aliphatic carboxylic acids is 1. The fourth-order valence-electron chi connectivity index (χ4n) is 3.76. The Hall–Kier alpha value is -1.55. The Morgan fingerprint density at radius 3 is 1.20 bits per heavy atom. The first-order valence-electron chi connectivity index (χ1n) is 16.5. The van der Waals surface area contributed by atoms with Crippen molar-refractivity contribution >= 4 is 17.5 Å². The van der Waals surface area contributed by atoms with Gasteiger partial charge in [0.05, 0.1) is 99.1 Å². The molecule has 13 nitrogen and oxygen atoms in total. The Kier molecular flexibility index (Phi) is 27.5. The molecule has 0 aliphatic carbocycles. The van der Waals surface area contributed by atoms with Crippen molar-refractivity contribution in [1.29, 1.82) is 0 Å². The molecule has 0 aromatic rings. The highest BCUT2D eigenvalue weighted by atomic mass is 16.6. The monoisotopic (exact) mass is 665 g/mol. The number of rotatable bonds is 33. The van der Waals surface area contributed by atoms with Gasteiger partial charge in [-0.25, -0.2) is 0 Å². The normalized spacial score (nSPS) is 12.8. The number of carbonyl (C=O) groups excluding carboxylic acids is 2. The van der Waals surface area contributed by atoms with Crippen molar-refractivity contribution in [1.82, 2.24) is 5.32 Å². The second kappa shape index (κ2) is 28.5. The van der Waals surface area contributed by atoms with Crippen molar-refractivity contribution in [2.45, 2.75) is 85.2 Å². The number of carboxylic acids is 1. The second-order valence-electron chi connectivity index (χ2n) is 12.8. The summed E-state index contributed by atoms with van der Waals surface area (Å²) in [6, 6.07) is -0.731. The molecule has 0 amide bonds. The Bertz CT molecular complexity index is 767. The van der Waals surface area contributed by atoms with Gasteiger partial charge in [0.25, 0.3) is 0 Å². The van der Waals surface area contributed by atoms with E-state index in [-0.39, 0.29) is 35.4 Å². The van der Waals surface area contributed by atoms with Gasteiger partial charge < -0.3 is 43.0 Å². The lowest BCUT2D eigenvalue weighted by Crippen LogP contribution is -2.47. The van der Waals surface area contributed by atoms with Gasteiger partial charge in [-0.3, -0.25) is 19.7 Å². The zero-order valence-electron chi connectivity index (χ0n) is 29.4. The lowest BCUT2D eigenvalue weighted by atomic mass is 9.89. The van der Waals surface area contributed by atoms with Crippen LogP contribution in [0.15, 0.2) is 0 Å². The molecule has 0 saturated heterocycles. The van der Waals surface area contributed by atoms with Gasteiger partial charge in [0.2, 0.25) is 0 Å². The van der Waals surface area contributed by atoms with Crippen molar-refractivity contribution in [3.05, 3.63) is 0 Å². The molecule has 13 heteroatoms. The van der Waals surface area contributed by atoms with E-state index >= 15 is 0 Å². The van der Waals surface area contributed by atoms with Crippen molar-refractivity contribution in [3.8, 4) is 0 Å². The van der Waals surface area contributed by atoms with E-state index in [1.807, 2.05) is 41.5 Å². The highest BCUT2D eigenvalue weighted by Crippen LogP contribution is 2.16. The summed E-state index contributed by atoms with van der Waals surface area (Å²) in [6.45, 7) is 18.8. The van der Waals surface area contributed by atoms with Gasteiger partial charge in [-0.1, -0.05) is 20.8 Å². The largest absolute Gasteiger partial charge is 0.480 e. The fourth-order valence-corrected chi connectivity index (χ4v) is 3.76. The maximum absolute atomic E-state index is 12.1. The lowest BCUT2D eigenvalue weighted by Gasteiger charge is -2.25. The van der Waals surface area contributed by atoms with Gasteiger partial charge in [0, 0.05) is 36.8 Å². The summed E-state index contributed by atoms with van der Waals surface area (Å²) in [5.74, 6) is -0.702. The smallest absolute Gasteiger partial charge is 0.320 e. The average Bonchev–Trinajstić information content (AvgIpc) is 2.97. The van der Waals surface area contributed by atoms with Gasteiger partial charge in [-0.15, -0.1) is 0 Å². The number of carboxylic acid groups (broad SMARTS) is 1. The molecule has 2 N–H and O–H groups in total. The third-order valence-electron chi connectivity index (χ3n) is 6.28. The number of ketones is 2. The minimum absolute atomic E-state index is 0.0422. The molecule has 0 radical (unpaired) electrons. The molecular formula is C33H63NO12. The first-order valence-corrected chi connectivity index (χ1v) is 16.5. The number of Topliss-reactive ketones (excluding diaryl/α,β-unsaturated/α-hetero) is 2. The van der Waals surface area contributed by atoms with Crippen LogP contribution in [0.25, 0.3) is 0 Å². The van der Waals surface area contributed by atoms with Gasteiger partial charge in [0.15, 0.2) is 0 Å². The summed E-state index contributed by atoms with van der Waals surface area (Å²) in [5, 5.41) is 12.3. The minimum Gasteiger partial charge on any atom is -0.480 e. The molecule has 0 heterocycles. The lowest BCUT2D eigenvalue weighted by molar-refractivity contribution is -0.140. The van der Waals surface area contributed by atoms with Crippen molar-refractivity contribution in [2.75, 3.05) is 106 Å². The molecule has 0 fully saturated rings. The molecule has 0 aromatic heterocycles. The Morgan fingerprint density at radius 1 is 0.522 bits per heavy atom. The number of ether oxygens (including phenoxy) is 8. The van der Waals surface area contributed by atoms with E-state index in [9.17, 15) is 19.5 Å². The van der Waals surface area contributed by atoms with E-state index in [4.69, 9.17) is 37.9 Å². The quantitative estimate of drug-likeness (QED) is 0.0987. The van der Waals surface area contributed by atoms with Crippen LogP contribution in [0.5, 0.6) is 0 Å². The first kappa shape index (κ1) is 44.5. The van der Waals surface area contributed by atoms with Crippen molar-refractivity contribution in [3.63, 3.8) is 0 Å². The highest BCUT2D eigenvalue weighted by Gasteiger charge is 2.23. The molecular weight excluding hydrogens is 602 g/mol. The standard InChI is InChI=1S/C33H63NO12/c1-32(2,3)30(36)11-13-40-15-17-42-19-21-44-23-25-46-27-26-45-24-22-43-20-18-41-16-14-39-12-7-8-28(35)9-10-29(31(37)38)34-33(4,5)6/h29,34H,7-27H2,1-6H3,(H,37,38)/t29-/m0/s1. The summed E-state index contributed by atoms with van der Waals surface area (Å²) in [5.41, 5.74) is -0.651. The predicted molar refractivity (Wildman–Crippen MR) is 173 cm³/mol. The zero-order chi connectivity index (χ0) is 34.5. The molecule has 0 spiro atoms. The van der Waals surface area contributed by atoms with Gasteiger partial charge >= 0.3 is 5.97 Å². The van der Waals surface area contributed by atoms with Crippen LogP contribution in [-0.4, -0.2) is 140 Å². The molecule has 0 aromatic carbocycles. The fraction of sp³-hybridized carbons (Fsp3) is 0.909. The van der Waals surface area contributed by atoms with E-state index in [0.29, 0.717) is 125 Å². The van der Waals surface area contributed by atoms with Crippen LogP contribution in [0.3, 0.4) is 0 Å². The van der Waals surface area contributed by atoms with Crippen LogP contribution in [0.2, 0.25) is 0 Å². The second-order valence-corrected chi connectivity index (χ2v) is 12.8. The number of hydrogen-bond acceptors (Lipinski definition) is 12. The molecule has 0 bridgehead atoms. The van der Waals surface area contributed by atoms with E-state index < -0.39 is 12.0 Å². The molecule has 0 rings (SSSR count). The molecule has 272 valence electrons. The highest BCUT2D eigenvalue weighted by molar-refractivity contribution is 5.83. The van der Waals surface area contributed by atoms with Crippen LogP contribution in [-0.2, 0) is 52.3 Å². The van der Waals surface area contributed by atoms with Crippen LogP contribution in [0.4, 0.5) is 0 Å². The molecule has 0 aliphatic heterocycles. The van der Waals surface area contributed by atoms with Crippen molar-refractivity contribution < 1.29 is 57.4 Å². The number of nitrogens with one attached hydrogen (secondary N) is 1. The molecule has 46 heavy (non-hydrogen) atoms. The van der Waals surface area contributed by atoms with Gasteiger partial charge in [0.1, 0.15) is 17.6 Å². The third kappa shape index (κ3) is 31.1. The Morgan fingerprint density at radius 2 is 0.870 bits per heavy atom. The van der Waals surface area contributed by atoms with Crippen LogP contribution >= 0.6 is 0 Å². The van der Waals surface area contributed by atoms with E-state index in [0.717, 1.165) is 0 Å². The number of hydrogen-bond donors (Lipinski definition) is 2. The van der Waals surface area contributed by atoms with E-state index in [1.165, 1.54) is 0 Å². The molecule has 1 atom stereocenters. The average molecular weight is 666 g/mol. The Labute approximate surface area is 276 Å². The van der Waals surface area contributed by atoms with Crippen LogP contribution in [0, 0.1) is 5.41 Å². The SMILES string of the molecule is CC(C)(C)N[C@@H](CCC(=O)CCCOCCOCCOCCOCCOCCOCCOCCOCCC(=O)C(C)(C)C)C(=O)O. The third-order valence-corrected chi connectivity index (χ3v) is 6.28. The summed E-state index contributed by atoms with van der Waals surface area (Å²) in [6.07, 6.45) is 1.91. The topological polar surface area (TPSA) is 157 Å². The Balaban J connectivity index is 3.30. The predicted octanol–water partition coefficient (Wildman–Crippen LogP) is 3.10. The summed E-state index contributed by atoms with van der Waals surface area (Å²) < 4.78 is 43.6.